The number of para-hydroxylation sites is 1. The van der Waals surface area contributed by atoms with Gasteiger partial charge >= 0.3 is 0 Å². The molecule has 0 spiro atoms. The summed E-state index contributed by atoms with van der Waals surface area (Å²) in [7, 11) is 1.80. The number of carbonyl (C=O) groups is 1. The number of thioether (sulfide) groups is 1. The van der Waals surface area contributed by atoms with Crippen molar-refractivity contribution in [3.63, 3.8) is 0 Å². The minimum Gasteiger partial charge on any atom is -0.320 e. The van der Waals surface area contributed by atoms with Crippen LogP contribution in [0, 0.1) is 6.92 Å². The number of imidazole rings is 1. The lowest BCUT2D eigenvalue weighted by Crippen LogP contribution is -2.23. The van der Waals surface area contributed by atoms with Gasteiger partial charge in [0.1, 0.15) is 5.69 Å². The van der Waals surface area contributed by atoms with Gasteiger partial charge < -0.3 is 5.32 Å². The molecule has 0 aliphatic heterocycles. The van der Waals surface area contributed by atoms with Gasteiger partial charge in [0.15, 0.2) is 5.16 Å². The average Bonchev–Trinajstić information content (AvgIpc) is 3.33. The number of aromatic nitrogens is 4. The molecule has 1 N–H and O–H groups in total. The summed E-state index contributed by atoms with van der Waals surface area (Å²) >= 11 is 7.56. The summed E-state index contributed by atoms with van der Waals surface area (Å²) < 4.78 is 5.21. The van der Waals surface area contributed by atoms with Gasteiger partial charge in [-0.25, -0.2) is 9.67 Å². The Morgan fingerprint density at radius 3 is 2.62 bits per heavy atom. The number of halogens is 1. The molecular weight excluding hydrogens is 446 g/mol. The lowest BCUT2D eigenvalue weighted by atomic mass is 10.3. The maximum Gasteiger partial charge on any atom is 0.295 e. The molecule has 0 aliphatic carbocycles. The van der Waals surface area contributed by atoms with Gasteiger partial charge in [-0.15, -0.1) is 0 Å². The number of rotatable bonds is 7. The van der Waals surface area contributed by atoms with Gasteiger partial charge in [0.05, 0.1) is 11.4 Å². The van der Waals surface area contributed by atoms with E-state index >= 15 is 0 Å². The molecule has 9 heteroatoms. The summed E-state index contributed by atoms with van der Waals surface area (Å²) in [5.41, 5.74) is 2.38. The molecule has 32 heavy (non-hydrogen) atoms. The summed E-state index contributed by atoms with van der Waals surface area (Å²) in [5, 5.41) is 4.20. The molecule has 164 valence electrons. The molecule has 0 saturated heterocycles. The van der Waals surface area contributed by atoms with Crippen LogP contribution in [0.25, 0.3) is 11.4 Å². The Labute approximate surface area is 194 Å². The van der Waals surface area contributed by atoms with Crippen molar-refractivity contribution >= 4 is 35.0 Å². The third-order valence-electron chi connectivity index (χ3n) is 5.07. The van der Waals surface area contributed by atoms with E-state index in [0.29, 0.717) is 22.2 Å². The normalized spacial score (nSPS) is 11.0. The molecule has 2 heterocycles. The van der Waals surface area contributed by atoms with Crippen LogP contribution in [0.5, 0.6) is 0 Å². The summed E-state index contributed by atoms with van der Waals surface area (Å²) in [4.78, 5) is 29.9. The third kappa shape index (κ3) is 4.51. The Balaban J connectivity index is 1.42. The Morgan fingerprint density at radius 2 is 1.88 bits per heavy atom. The zero-order chi connectivity index (χ0) is 22.7. The molecule has 0 fully saturated rings. The molecule has 1 amide bonds. The minimum atomic E-state index is -0.256. The molecule has 4 rings (SSSR count). The number of hydrogen-bond donors (Lipinski definition) is 1. The van der Waals surface area contributed by atoms with Crippen molar-refractivity contribution in [2.45, 2.75) is 18.5 Å². The highest BCUT2D eigenvalue weighted by Gasteiger charge is 2.18. The second-order valence-electron chi connectivity index (χ2n) is 7.14. The fourth-order valence-corrected chi connectivity index (χ4v) is 4.46. The van der Waals surface area contributed by atoms with Gasteiger partial charge in [0.2, 0.25) is 5.91 Å². The molecule has 0 atom stereocenters. The van der Waals surface area contributed by atoms with E-state index in [2.05, 4.69) is 10.3 Å². The maximum absolute atomic E-state index is 12.9. The summed E-state index contributed by atoms with van der Waals surface area (Å²) in [5.74, 6) is 0.298. The largest absolute Gasteiger partial charge is 0.320 e. The number of hydrogen-bond acceptors (Lipinski definition) is 4. The molecule has 0 radical (unpaired) electrons. The summed E-state index contributed by atoms with van der Waals surface area (Å²) in [6, 6.07) is 16.8. The standard InChI is InChI=1S/C23H22ClN5O2S/c1-16-21(22(31)29(27(16)2)18-8-4-3-5-9-18)26-20(30)11-14-32-23-25-12-13-28(23)19-10-6-7-17(24)15-19/h3-10,12-13,15H,11,14H2,1-2H3,(H,26,30). The van der Waals surface area contributed by atoms with Crippen molar-refractivity contribution in [2.24, 2.45) is 7.05 Å². The van der Waals surface area contributed by atoms with Crippen LogP contribution >= 0.6 is 23.4 Å². The minimum absolute atomic E-state index is 0.218. The van der Waals surface area contributed by atoms with E-state index in [4.69, 9.17) is 11.6 Å². The first-order valence-corrected chi connectivity index (χ1v) is 11.4. The second-order valence-corrected chi connectivity index (χ2v) is 8.64. The predicted octanol–water partition coefficient (Wildman–Crippen LogP) is 4.44. The van der Waals surface area contributed by atoms with Crippen LogP contribution in [0.4, 0.5) is 5.69 Å². The molecule has 0 saturated carbocycles. The van der Waals surface area contributed by atoms with Crippen LogP contribution in [0.1, 0.15) is 12.1 Å². The van der Waals surface area contributed by atoms with Crippen LogP contribution in [-0.4, -0.2) is 30.6 Å². The molecule has 7 nitrogen and oxygen atoms in total. The first-order chi connectivity index (χ1) is 15.5. The van der Waals surface area contributed by atoms with E-state index in [1.165, 1.54) is 11.8 Å². The van der Waals surface area contributed by atoms with Crippen molar-refractivity contribution < 1.29 is 4.79 Å². The number of nitrogens with zero attached hydrogens (tertiary/aromatic N) is 4. The van der Waals surface area contributed by atoms with Crippen molar-refractivity contribution in [1.82, 2.24) is 18.9 Å². The van der Waals surface area contributed by atoms with E-state index in [1.807, 2.05) is 72.3 Å². The van der Waals surface area contributed by atoms with E-state index < -0.39 is 0 Å². The quantitative estimate of drug-likeness (QED) is 0.408. The molecule has 0 unspecified atom stereocenters. The van der Waals surface area contributed by atoms with Crippen LogP contribution in [0.3, 0.4) is 0 Å². The van der Waals surface area contributed by atoms with Crippen molar-refractivity contribution in [3.8, 4) is 11.4 Å². The van der Waals surface area contributed by atoms with Gasteiger partial charge in [0, 0.05) is 42.3 Å². The monoisotopic (exact) mass is 467 g/mol. The smallest absolute Gasteiger partial charge is 0.295 e. The SMILES string of the molecule is Cc1c(NC(=O)CCSc2nccn2-c2cccc(Cl)c2)c(=O)n(-c2ccccc2)n1C. The van der Waals surface area contributed by atoms with Gasteiger partial charge in [-0.05, 0) is 37.3 Å². The molecule has 2 aromatic carbocycles. The van der Waals surface area contributed by atoms with E-state index in [9.17, 15) is 9.59 Å². The lowest BCUT2D eigenvalue weighted by molar-refractivity contribution is -0.115. The Kier molecular flexibility index (Phi) is 6.53. The Morgan fingerprint density at radius 1 is 1.12 bits per heavy atom. The number of nitrogens with one attached hydrogen (secondary N) is 1. The van der Waals surface area contributed by atoms with Crippen molar-refractivity contribution in [2.75, 3.05) is 11.1 Å². The maximum atomic E-state index is 12.9. The van der Waals surface area contributed by atoms with Gasteiger partial charge in [-0.3, -0.25) is 18.8 Å². The zero-order valence-corrected chi connectivity index (χ0v) is 19.2. The van der Waals surface area contributed by atoms with E-state index in [-0.39, 0.29) is 17.9 Å². The van der Waals surface area contributed by atoms with Gasteiger partial charge in [0.25, 0.3) is 5.56 Å². The topological polar surface area (TPSA) is 73.8 Å². The predicted molar refractivity (Wildman–Crippen MR) is 128 cm³/mol. The molecule has 4 aromatic rings. The van der Waals surface area contributed by atoms with Crippen LogP contribution < -0.4 is 10.9 Å². The van der Waals surface area contributed by atoms with E-state index in [1.54, 1.807) is 22.6 Å². The van der Waals surface area contributed by atoms with Crippen LogP contribution in [-0.2, 0) is 11.8 Å². The summed E-state index contributed by atoms with van der Waals surface area (Å²) in [6.45, 7) is 1.81. The van der Waals surface area contributed by atoms with Crippen LogP contribution in [0.2, 0.25) is 5.02 Å². The molecular formula is C23H22ClN5O2S. The first kappa shape index (κ1) is 22.0. The Bertz CT molecular complexity index is 1310. The Hall–Kier alpha value is -3.23. The fraction of sp³-hybridized carbons (Fsp3) is 0.174. The second kappa shape index (κ2) is 9.50. The average molecular weight is 468 g/mol. The molecule has 2 aromatic heterocycles. The lowest BCUT2D eigenvalue weighted by Gasteiger charge is -2.08. The molecule has 0 bridgehead atoms. The molecule has 0 aliphatic rings. The van der Waals surface area contributed by atoms with Crippen molar-refractivity contribution in [1.29, 1.82) is 0 Å². The summed E-state index contributed by atoms with van der Waals surface area (Å²) in [6.07, 6.45) is 3.81. The number of anilines is 1. The zero-order valence-electron chi connectivity index (χ0n) is 17.7. The van der Waals surface area contributed by atoms with Crippen molar-refractivity contribution in [3.05, 3.63) is 88.1 Å². The highest BCUT2D eigenvalue weighted by atomic mass is 35.5. The van der Waals surface area contributed by atoms with Gasteiger partial charge in [-0.1, -0.05) is 47.6 Å². The van der Waals surface area contributed by atoms with Gasteiger partial charge in [-0.2, -0.15) is 0 Å². The first-order valence-electron chi connectivity index (χ1n) is 10.0. The number of amides is 1. The highest BCUT2D eigenvalue weighted by molar-refractivity contribution is 7.99. The third-order valence-corrected chi connectivity index (χ3v) is 6.28. The number of benzene rings is 2. The van der Waals surface area contributed by atoms with Crippen LogP contribution in [0.15, 0.2) is 76.9 Å². The fourth-order valence-electron chi connectivity index (χ4n) is 3.37. The number of carbonyl (C=O) groups excluding carboxylic acids is 1. The highest BCUT2D eigenvalue weighted by Crippen LogP contribution is 2.23. The van der Waals surface area contributed by atoms with E-state index in [0.717, 1.165) is 16.5 Å².